The molecule has 0 spiro atoms. The molecule has 58 heavy (non-hydrogen) atoms. The zero-order valence-corrected chi connectivity index (χ0v) is 34.2. The van der Waals surface area contributed by atoms with Crippen LogP contribution < -0.4 is 26.0 Å². The number of allylic oxidation sites excluding steroid dienone is 6. The van der Waals surface area contributed by atoms with Crippen molar-refractivity contribution < 1.29 is 42.0 Å². The molecule has 2 aromatic rings. The summed E-state index contributed by atoms with van der Waals surface area (Å²) in [5.41, 5.74) is 0.551. The van der Waals surface area contributed by atoms with Crippen LogP contribution in [0.2, 0.25) is 0 Å². The summed E-state index contributed by atoms with van der Waals surface area (Å²) in [5, 5.41) is 11.1. The fraction of sp³-hybridized carbons (Fsp3) is 0.390. The van der Waals surface area contributed by atoms with Crippen molar-refractivity contribution in [3.05, 3.63) is 102 Å². The number of hydrogen-bond donors (Lipinski definition) is 5. The number of likely N-dealkylation sites (tertiary alicyclic amines) is 1. The number of amides is 5. The summed E-state index contributed by atoms with van der Waals surface area (Å²) in [6.45, 7) is 1.49. The standard InChI is InChI=1S/C41H51N6O9PS/c1-2-12-33(39(52)41(54)43-26-37(50)45-34(28-48)30-14-5-3-6-15-30)46-40(53)35-19-10-23-47(35)38(51)27-42-36(49)25-29-13-9-16-31(21-20-29)57-24-11-22-44-58(55,56)32-17-7-4-8-18-32/h3-9,13-18,20-21,28-29,33-35,44,57H,2,10-12,19,22-27H2,1H3,(H,42,49)(H,43,54)(H,45,50)(H,46,53). The van der Waals surface area contributed by atoms with Crippen LogP contribution in [0.3, 0.4) is 0 Å². The number of aldehydes is 1. The minimum absolute atomic E-state index is 0.102. The van der Waals surface area contributed by atoms with Gasteiger partial charge in [-0.05, 0) is 54.9 Å². The van der Waals surface area contributed by atoms with Crippen LogP contribution in [0.4, 0.5) is 0 Å². The molecule has 0 bridgehead atoms. The van der Waals surface area contributed by atoms with E-state index in [0.717, 1.165) is 11.5 Å². The van der Waals surface area contributed by atoms with E-state index in [1.807, 2.05) is 30.4 Å². The van der Waals surface area contributed by atoms with Gasteiger partial charge < -0.3 is 31.0 Å². The van der Waals surface area contributed by atoms with E-state index >= 15 is 0 Å². The van der Waals surface area contributed by atoms with Gasteiger partial charge in [-0.1, -0.05) is 101 Å². The van der Waals surface area contributed by atoms with Crippen LogP contribution in [0, 0.1) is 5.92 Å². The first-order chi connectivity index (χ1) is 27.9. The molecule has 1 heterocycles. The predicted octanol–water partition coefficient (Wildman–Crippen LogP) is 2.18. The molecule has 310 valence electrons. The highest BCUT2D eigenvalue weighted by Gasteiger charge is 2.36. The molecule has 5 atom stereocenters. The van der Waals surface area contributed by atoms with Crippen molar-refractivity contribution in [2.24, 2.45) is 5.92 Å². The Bertz CT molecular complexity index is 1970. The molecule has 1 fully saturated rings. The molecule has 1 aliphatic carbocycles. The highest BCUT2D eigenvalue weighted by Crippen LogP contribution is 2.28. The largest absolute Gasteiger partial charge is 0.347 e. The molecule has 2 aromatic carbocycles. The van der Waals surface area contributed by atoms with Gasteiger partial charge in [0.15, 0.2) is 0 Å². The summed E-state index contributed by atoms with van der Waals surface area (Å²) < 4.78 is 27.4. The number of Topliss-reactive ketones (excluding diaryl/α,β-unsaturated/α-hetero) is 1. The Kier molecular flexibility index (Phi) is 18.1. The lowest BCUT2D eigenvalue weighted by Gasteiger charge is -2.26. The number of hydrogen-bond acceptors (Lipinski definition) is 9. The number of carbonyl (C=O) groups is 7. The van der Waals surface area contributed by atoms with E-state index in [0.29, 0.717) is 52.7 Å². The zero-order chi connectivity index (χ0) is 41.9. The Morgan fingerprint density at radius 2 is 1.64 bits per heavy atom. The number of nitrogens with one attached hydrogen (secondary N) is 5. The first-order valence-corrected chi connectivity index (χ1v) is 21.9. The van der Waals surface area contributed by atoms with Gasteiger partial charge in [0, 0.05) is 25.4 Å². The van der Waals surface area contributed by atoms with Gasteiger partial charge in [-0.15, -0.1) is 0 Å². The number of benzene rings is 2. The zero-order valence-electron chi connectivity index (χ0n) is 32.4. The monoisotopic (exact) mass is 834 g/mol. The van der Waals surface area contributed by atoms with Crippen molar-refractivity contribution in [1.82, 2.24) is 30.9 Å². The average molecular weight is 835 g/mol. The molecule has 4 rings (SSSR count). The van der Waals surface area contributed by atoms with E-state index in [2.05, 4.69) is 26.0 Å². The third kappa shape index (κ3) is 14.3. The Hall–Kier alpha value is -5.31. The molecule has 17 heteroatoms. The summed E-state index contributed by atoms with van der Waals surface area (Å²) in [6.07, 6.45) is 13.2. The van der Waals surface area contributed by atoms with Gasteiger partial charge in [0.25, 0.3) is 5.91 Å². The van der Waals surface area contributed by atoms with Crippen LogP contribution in [0.5, 0.6) is 0 Å². The fourth-order valence-electron chi connectivity index (χ4n) is 6.33. The van der Waals surface area contributed by atoms with E-state index in [1.54, 1.807) is 67.6 Å². The van der Waals surface area contributed by atoms with E-state index in [1.165, 1.54) is 4.90 Å². The molecule has 0 aromatic heterocycles. The maximum atomic E-state index is 13.4. The summed E-state index contributed by atoms with van der Waals surface area (Å²) in [7, 11) is -3.10. The van der Waals surface area contributed by atoms with E-state index in [4.69, 9.17) is 0 Å². The molecule has 1 saturated heterocycles. The van der Waals surface area contributed by atoms with Crippen molar-refractivity contribution in [3.8, 4) is 0 Å². The number of ketones is 1. The van der Waals surface area contributed by atoms with Gasteiger partial charge in [-0.25, -0.2) is 13.1 Å². The maximum absolute atomic E-state index is 13.4. The lowest BCUT2D eigenvalue weighted by Crippen LogP contribution is -2.54. The quantitative estimate of drug-likeness (QED) is 0.0508. The maximum Gasteiger partial charge on any atom is 0.290 e. The number of rotatable bonds is 22. The molecule has 5 amide bonds. The summed E-state index contributed by atoms with van der Waals surface area (Å²) in [6, 6.07) is 13.7. The van der Waals surface area contributed by atoms with Gasteiger partial charge in [0.05, 0.1) is 24.0 Å². The highest BCUT2D eigenvalue weighted by molar-refractivity contribution is 7.89. The topological polar surface area (TPSA) is 217 Å². The molecule has 5 N–H and O–H groups in total. The van der Waals surface area contributed by atoms with E-state index < -0.39 is 64.1 Å². The lowest BCUT2D eigenvalue weighted by molar-refractivity contribution is -0.142. The second-order valence-corrected chi connectivity index (χ2v) is 16.9. The second-order valence-electron chi connectivity index (χ2n) is 13.7. The van der Waals surface area contributed by atoms with E-state index in [9.17, 15) is 42.0 Å². The molecular weight excluding hydrogens is 784 g/mol. The van der Waals surface area contributed by atoms with Gasteiger partial charge in [0.2, 0.25) is 39.4 Å². The molecule has 0 radical (unpaired) electrons. The molecule has 2 aliphatic rings. The SMILES string of the molecule is CCCC(NC(=O)C1CCCN1C(=O)CNC(=O)CC1C=CC=C(PCCCNS(=O)(=O)c2ccccc2)C=C1)C(=O)C(=O)NCC(=O)NC(C=O)c1ccccc1. The molecule has 1 aliphatic heterocycles. The molecule has 5 unspecified atom stereocenters. The predicted molar refractivity (Wildman–Crippen MR) is 220 cm³/mol. The van der Waals surface area contributed by atoms with Gasteiger partial charge >= 0.3 is 0 Å². The Morgan fingerprint density at radius 1 is 0.914 bits per heavy atom. The van der Waals surface area contributed by atoms with Crippen molar-refractivity contribution in [2.45, 2.75) is 68.5 Å². The summed E-state index contributed by atoms with van der Waals surface area (Å²) >= 11 is 0. The van der Waals surface area contributed by atoms with Gasteiger partial charge in [0.1, 0.15) is 18.4 Å². The van der Waals surface area contributed by atoms with Crippen LogP contribution in [0.15, 0.2) is 101 Å². The average Bonchev–Trinajstić information content (AvgIpc) is 3.63. The third-order valence-corrected chi connectivity index (χ3v) is 12.2. The summed E-state index contributed by atoms with van der Waals surface area (Å²) in [4.78, 5) is 90.7. The fourth-order valence-corrected chi connectivity index (χ4v) is 8.49. The van der Waals surface area contributed by atoms with Crippen molar-refractivity contribution >= 4 is 60.2 Å². The third-order valence-electron chi connectivity index (χ3n) is 9.37. The van der Waals surface area contributed by atoms with Crippen LogP contribution in [0.25, 0.3) is 0 Å². The highest BCUT2D eigenvalue weighted by atomic mass is 32.2. The first kappa shape index (κ1) is 45.4. The number of carbonyl (C=O) groups excluding carboxylic acids is 7. The summed E-state index contributed by atoms with van der Waals surface area (Å²) in [5.74, 6) is -4.33. The van der Waals surface area contributed by atoms with Gasteiger partial charge in [-0.3, -0.25) is 28.8 Å². The van der Waals surface area contributed by atoms with Crippen molar-refractivity contribution in [2.75, 3.05) is 32.3 Å². The van der Waals surface area contributed by atoms with E-state index in [-0.39, 0.29) is 42.7 Å². The Morgan fingerprint density at radius 3 is 2.34 bits per heavy atom. The molecule has 0 saturated carbocycles. The minimum atomic E-state index is -3.54. The van der Waals surface area contributed by atoms with Gasteiger partial charge in [-0.2, -0.15) is 0 Å². The number of nitrogens with zero attached hydrogens (tertiary/aromatic N) is 1. The second kappa shape index (κ2) is 23.2. The van der Waals surface area contributed by atoms with Crippen LogP contribution >= 0.6 is 8.58 Å². The smallest absolute Gasteiger partial charge is 0.290 e. The van der Waals surface area contributed by atoms with Crippen LogP contribution in [0.1, 0.15) is 57.1 Å². The van der Waals surface area contributed by atoms with Crippen molar-refractivity contribution in [1.29, 1.82) is 0 Å². The minimum Gasteiger partial charge on any atom is -0.347 e. The van der Waals surface area contributed by atoms with Crippen LogP contribution in [-0.4, -0.2) is 99.3 Å². The van der Waals surface area contributed by atoms with Crippen molar-refractivity contribution in [3.63, 3.8) is 0 Å². The Labute approximate surface area is 340 Å². The van der Waals surface area contributed by atoms with Crippen LogP contribution in [-0.2, 0) is 43.6 Å². The molecule has 15 nitrogen and oxygen atoms in total. The number of sulfonamides is 1. The normalized spacial score (nSPS) is 17.5. The lowest BCUT2D eigenvalue weighted by atomic mass is 10.0. The molecular formula is C41H51N6O9PS. The Balaban J connectivity index is 1.17. The first-order valence-electron chi connectivity index (χ1n) is 19.2.